The molecule has 6 rings (SSSR count). The maximum absolute atomic E-state index is 11.7. The number of carbonyl (C=O) groups excluding carboxylic acids is 4. The van der Waals surface area contributed by atoms with Gasteiger partial charge in [-0.2, -0.15) is 0 Å². The van der Waals surface area contributed by atoms with Crippen LogP contribution in [0.15, 0.2) is 0 Å². The van der Waals surface area contributed by atoms with E-state index >= 15 is 0 Å². The first-order chi connectivity index (χ1) is 12.3. The summed E-state index contributed by atoms with van der Waals surface area (Å²) in [7, 11) is 0. The van der Waals surface area contributed by atoms with E-state index in [2.05, 4.69) is 4.74 Å². The molecule has 0 aromatic rings. The standard InChI is InChI=1S/C10H12O4.C8H8O4/c1-9-5-3-4-6(13-5)10(9,2)8(12)14-7(9)11;9-7-5-3-1-2-4(11-3)6(5)8(10)12-7/h5-6H,3-4H2,1-2H3;3-6H,1-2H2/t5?,6?,9-,10+;. The maximum atomic E-state index is 11.7. The van der Waals surface area contributed by atoms with Gasteiger partial charge in [0.2, 0.25) is 0 Å². The summed E-state index contributed by atoms with van der Waals surface area (Å²) in [5, 5.41) is 0. The molecule has 6 aliphatic heterocycles. The van der Waals surface area contributed by atoms with E-state index in [1.54, 1.807) is 13.8 Å². The van der Waals surface area contributed by atoms with Gasteiger partial charge in [0.25, 0.3) is 0 Å². The Bertz CT molecular complexity index is 687. The van der Waals surface area contributed by atoms with Crippen LogP contribution in [0.1, 0.15) is 39.5 Å². The Morgan fingerprint density at radius 3 is 1.62 bits per heavy atom. The van der Waals surface area contributed by atoms with Gasteiger partial charge in [0.05, 0.1) is 36.3 Å². The number of fused-ring (bicyclic) bond motifs is 10. The summed E-state index contributed by atoms with van der Waals surface area (Å²) in [5.41, 5.74) is -1.49. The lowest BCUT2D eigenvalue weighted by Gasteiger charge is -2.34. The largest absolute Gasteiger partial charge is 0.393 e. The summed E-state index contributed by atoms with van der Waals surface area (Å²) in [4.78, 5) is 45.6. The molecule has 140 valence electrons. The van der Waals surface area contributed by atoms with Gasteiger partial charge in [-0.25, -0.2) is 0 Å². The predicted molar refractivity (Wildman–Crippen MR) is 81.2 cm³/mol. The van der Waals surface area contributed by atoms with Gasteiger partial charge < -0.3 is 18.9 Å². The lowest BCUT2D eigenvalue weighted by Crippen LogP contribution is -2.48. The van der Waals surface area contributed by atoms with Crippen molar-refractivity contribution in [3.63, 3.8) is 0 Å². The van der Waals surface area contributed by atoms with Gasteiger partial charge in [-0.3, -0.25) is 19.2 Å². The first-order valence-electron chi connectivity index (χ1n) is 9.11. The molecular weight excluding hydrogens is 344 g/mol. The minimum absolute atomic E-state index is 0.0426. The van der Waals surface area contributed by atoms with Crippen molar-refractivity contribution < 1.29 is 38.1 Å². The van der Waals surface area contributed by atoms with Gasteiger partial charge >= 0.3 is 23.9 Å². The van der Waals surface area contributed by atoms with Crippen LogP contribution in [0.5, 0.6) is 0 Å². The van der Waals surface area contributed by atoms with Crippen molar-refractivity contribution in [2.45, 2.75) is 63.9 Å². The number of carbonyl (C=O) groups is 4. The van der Waals surface area contributed by atoms with Crippen molar-refractivity contribution >= 4 is 23.9 Å². The van der Waals surface area contributed by atoms with E-state index < -0.39 is 22.8 Å². The number of hydrogen-bond donors (Lipinski definition) is 0. The van der Waals surface area contributed by atoms with Crippen molar-refractivity contribution in [2.24, 2.45) is 22.7 Å². The zero-order chi connectivity index (χ0) is 18.4. The molecule has 0 radical (unpaired) electrons. The zero-order valence-electron chi connectivity index (χ0n) is 14.6. The van der Waals surface area contributed by atoms with Crippen LogP contribution < -0.4 is 0 Å². The van der Waals surface area contributed by atoms with Gasteiger partial charge in [0.15, 0.2) is 0 Å². The molecule has 8 heteroatoms. The Morgan fingerprint density at radius 1 is 0.692 bits per heavy atom. The molecular formula is C18H20O8. The van der Waals surface area contributed by atoms with E-state index in [0.717, 1.165) is 25.7 Å². The third-order valence-electron chi connectivity index (χ3n) is 7.44. The Kier molecular flexibility index (Phi) is 3.10. The van der Waals surface area contributed by atoms with Crippen molar-refractivity contribution in [3.05, 3.63) is 0 Å². The Labute approximate surface area is 149 Å². The molecule has 0 saturated carbocycles. The van der Waals surface area contributed by atoms with Crippen LogP contribution in [0.2, 0.25) is 0 Å². The number of rotatable bonds is 0. The molecule has 8 atom stereocenters. The minimum atomic E-state index is -0.743. The summed E-state index contributed by atoms with van der Waals surface area (Å²) < 4.78 is 20.4. The van der Waals surface area contributed by atoms with Crippen molar-refractivity contribution in [2.75, 3.05) is 0 Å². The normalized spacial score (nSPS) is 52.5. The van der Waals surface area contributed by atoms with Gasteiger partial charge in [0, 0.05) is 0 Å². The van der Waals surface area contributed by atoms with Gasteiger partial charge in [-0.15, -0.1) is 0 Å². The van der Waals surface area contributed by atoms with E-state index in [0.29, 0.717) is 0 Å². The number of esters is 4. The fraction of sp³-hybridized carbons (Fsp3) is 0.778. The second kappa shape index (κ2) is 4.92. The number of hydrogen-bond acceptors (Lipinski definition) is 8. The fourth-order valence-corrected chi connectivity index (χ4v) is 5.65. The maximum Gasteiger partial charge on any atom is 0.323 e. The second-order valence-corrected chi connectivity index (χ2v) is 8.35. The lowest BCUT2D eigenvalue weighted by atomic mass is 9.59. The number of ether oxygens (including phenoxy) is 4. The third kappa shape index (κ3) is 1.67. The highest BCUT2D eigenvalue weighted by Crippen LogP contribution is 2.63. The second-order valence-electron chi connectivity index (χ2n) is 8.35. The Hall–Kier alpha value is -1.80. The molecule has 6 saturated heterocycles. The topological polar surface area (TPSA) is 105 Å². The molecule has 6 unspecified atom stereocenters. The van der Waals surface area contributed by atoms with E-state index in [4.69, 9.17) is 14.2 Å². The predicted octanol–water partition coefficient (Wildman–Crippen LogP) is 0.507. The number of cyclic esters (lactones) is 4. The highest BCUT2D eigenvalue weighted by molar-refractivity contribution is 6.03. The average Bonchev–Trinajstić information content (AvgIpc) is 3.39. The van der Waals surface area contributed by atoms with Gasteiger partial charge in [-0.1, -0.05) is 0 Å². The third-order valence-corrected chi connectivity index (χ3v) is 7.44. The summed E-state index contributed by atoms with van der Waals surface area (Å²) in [5.74, 6) is -2.13. The van der Waals surface area contributed by atoms with Gasteiger partial charge in [0.1, 0.15) is 10.8 Å². The van der Waals surface area contributed by atoms with Crippen LogP contribution in [0.4, 0.5) is 0 Å². The van der Waals surface area contributed by atoms with E-state index in [1.807, 2.05) is 0 Å². The van der Waals surface area contributed by atoms with Crippen molar-refractivity contribution in [1.82, 2.24) is 0 Å². The van der Waals surface area contributed by atoms with E-state index in [1.165, 1.54) is 0 Å². The smallest absolute Gasteiger partial charge is 0.323 e. The Morgan fingerprint density at radius 2 is 1.15 bits per heavy atom. The van der Waals surface area contributed by atoms with Crippen LogP contribution in [-0.2, 0) is 38.1 Å². The van der Waals surface area contributed by atoms with Crippen LogP contribution in [0.25, 0.3) is 0 Å². The summed E-state index contributed by atoms with van der Waals surface area (Å²) in [6.07, 6.45) is 3.17. The van der Waals surface area contributed by atoms with Crippen LogP contribution in [0, 0.1) is 22.7 Å². The molecule has 6 aliphatic rings. The van der Waals surface area contributed by atoms with Crippen LogP contribution >= 0.6 is 0 Å². The summed E-state index contributed by atoms with van der Waals surface area (Å²) in [6, 6.07) is 0. The molecule has 0 aromatic carbocycles. The molecule has 0 spiro atoms. The average molecular weight is 364 g/mol. The van der Waals surface area contributed by atoms with E-state index in [9.17, 15) is 19.2 Å². The molecule has 8 nitrogen and oxygen atoms in total. The summed E-state index contributed by atoms with van der Waals surface area (Å²) in [6.45, 7) is 3.59. The molecule has 0 N–H and O–H groups in total. The molecule has 6 heterocycles. The monoisotopic (exact) mass is 364 g/mol. The highest BCUT2D eigenvalue weighted by Gasteiger charge is 2.76. The molecule has 6 fully saturated rings. The van der Waals surface area contributed by atoms with Gasteiger partial charge in [-0.05, 0) is 39.5 Å². The molecule has 4 bridgehead atoms. The fourth-order valence-electron chi connectivity index (χ4n) is 5.65. The van der Waals surface area contributed by atoms with E-state index in [-0.39, 0.29) is 48.2 Å². The SMILES string of the molecule is C[C@@]12C(=O)OC(=O)[C@]1(C)C1CCC2O1.O=C1OC(=O)C2C3CCC(O3)C12. The molecule has 26 heavy (non-hydrogen) atoms. The van der Waals surface area contributed by atoms with Crippen LogP contribution in [0.3, 0.4) is 0 Å². The highest BCUT2D eigenvalue weighted by atomic mass is 16.6. The van der Waals surface area contributed by atoms with Crippen molar-refractivity contribution in [3.8, 4) is 0 Å². The van der Waals surface area contributed by atoms with Crippen LogP contribution in [-0.4, -0.2) is 48.3 Å². The first-order valence-corrected chi connectivity index (χ1v) is 9.11. The summed E-state index contributed by atoms with van der Waals surface area (Å²) >= 11 is 0. The Balaban J connectivity index is 0.000000117. The quantitative estimate of drug-likeness (QED) is 0.452. The molecule has 0 amide bonds. The molecule has 0 aliphatic carbocycles. The minimum Gasteiger partial charge on any atom is -0.393 e. The molecule has 0 aromatic heterocycles. The lowest BCUT2D eigenvalue weighted by molar-refractivity contribution is -0.160. The zero-order valence-corrected chi connectivity index (χ0v) is 14.6. The van der Waals surface area contributed by atoms with Crippen molar-refractivity contribution in [1.29, 1.82) is 0 Å². The first kappa shape index (κ1) is 16.4.